The van der Waals surface area contributed by atoms with E-state index in [9.17, 15) is 9.59 Å². The number of rotatable bonds is 6. The van der Waals surface area contributed by atoms with Crippen molar-refractivity contribution in [3.8, 4) is 0 Å². The standard InChI is InChI=1S/C15H23N3O3/c1-15(2,3)21-14(20)18-9-8-17-12-7-5-4-6-11(12)10-13(16)19/h4-7,17H,8-10H2,1-3H3,(H2,16,19)(H,18,20). The predicted molar refractivity (Wildman–Crippen MR) is 82.1 cm³/mol. The van der Waals surface area contributed by atoms with Gasteiger partial charge in [-0.3, -0.25) is 4.79 Å². The number of carbonyl (C=O) groups excluding carboxylic acids is 2. The van der Waals surface area contributed by atoms with Crippen molar-refractivity contribution in [1.82, 2.24) is 5.32 Å². The second-order valence-corrected chi connectivity index (χ2v) is 5.66. The van der Waals surface area contributed by atoms with Crippen LogP contribution in [0.15, 0.2) is 24.3 Å². The molecule has 0 saturated heterocycles. The van der Waals surface area contributed by atoms with Crippen LogP contribution in [0, 0.1) is 0 Å². The molecule has 6 heteroatoms. The summed E-state index contributed by atoms with van der Waals surface area (Å²) in [6.45, 7) is 6.37. The molecule has 0 heterocycles. The van der Waals surface area contributed by atoms with Crippen LogP contribution in [-0.2, 0) is 16.0 Å². The molecule has 0 aromatic heterocycles. The summed E-state index contributed by atoms with van der Waals surface area (Å²) < 4.78 is 5.13. The Kier molecular flexibility index (Phi) is 6.02. The molecular weight excluding hydrogens is 270 g/mol. The average molecular weight is 293 g/mol. The van der Waals surface area contributed by atoms with Gasteiger partial charge in [0.1, 0.15) is 5.60 Å². The van der Waals surface area contributed by atoms with Gasteiger partial charge >= 0.3 is 6.09 Å². The second kappa shape index (κ2) is 7.52. The Balaban J connectivity index is 2.39. The van der Waals surface area contributed by atoms with Crippen LogP contribution in [0.1, 0.15) is 26.3 Å². The van der Waals surface area contributed by atoms with Crippen LogP contribution in [-0.4, -0.2) is 30.7 Å². The average Bonchev–Trinajstić information content (AvgIpc) is 2.33. The van der Waals surface area contributed by atoms with Gasteiger partial charge in [0.05, 0.1) is 6.42 Å². The van der Waals surface area contributed by atoms with E-state index in [4.69, 9.17) is 10.5 Å². The summed E-state index contributed by atoms with van der Waals surface area (Å²) in [5.41, 5.74) is 6.37. The van der Waals surface area contributed by atoms with E-state index in [0.29, 0.717) is 13.1 Å². The summed E-state index contributed by atoms with van der Waals surface area (Å²) in [5, 5.41) is 5.81. The SMILES string of the molecule is CC(C)(C)OC(=O)NCCNc1ccccc1CC(N)=O. The maximum absolute atomic E-state index is 11.5. The van der Waals surface area contributed by atoms with Crippen LogP contribution in [0.25, 0.3) is 0 Å². The zero-order valence-corrected chi connectivity index (χ0v) is 12.7. The van der Waals surface area contributed by atoms with Crippen molar-refractivity contribution < 1.29 is 14.3 Å². The number of amides is 2. The first-order chi connectivity index (χ1) is 9.78. The Labute approximate surface area is 125 Å². The Morgan fingerprint density at radius 2 is 1.86 bits per heavy atom. The van der Waals surface area contributed by atoms with Gasteiger partial charge in [-0.1, -0.05) is 18.2 Å². The number of benzene rings is 1. The second-order valence-electron chi connectivity index (χ2n) is 5.66. The van der Waals surface area contributed by atoms with Gasteiger partial charge in [-0.2, -0.15) is 0 Å². The number of para-hydroxylation sites is 1. The maximum Gasteiger partial charge on any atom is 0.407 e. The van der Waals surface area contributed by atoms with Crippen LogP contribution >= 0.6 is 0 Å². The molecule has 1 aromatic rings. The molecule has 6 nitrogen and oxygen atoms in total. The summed E-state index contributed by atoms with van der Waals surface area (Å²) in [5.74, 6) is -0.379. The summed E-state index contributed by atoms with van der Waals surface area (Å²) >= 11 is 0. The predicted octanol–water partition coefficient (Wildman–Crippen LogP) is 1.65. The first kappa shape index (κ1) is 16.8. The van der Waals surface area contributed by atoms with Gasteiger partial charge in [0.15, 0.2) is 0 Å². The van der Waals surface area contributed by atoms with Crippen molar-refractivity contribution in [3.63, 3.8) is 0 Å². The van der Waals surface area contributed by atoms with Crippen molar-refractivity contribution in [2.45, 2.75) is 32.8 Å². The fourth-order valence-electron chi connectivity index (χ4n) is 1.71. The lowest BCUT2D eigenvalue weighted by atomic mass is 10.1. The van der Waals surface area contributed by atoms with Gasteiger partial charge in [0.2, 0.25) is 5.91 Å². The lowest BCUT2D eigenvalue weighted by molar-refractivity contribution is -0.117. The van der Waals surface area contributed by atoms with Gasteiger partial charge in [0.25, 0.3) is 0 Å². The maximum atomic E-state index is 11.5. The molecule has 116 valence electrons. The van der Waals surface area contributed by atoms with E-state index in [2.05, 4.69) is 10.6 Å². The lowest BCUT2D eigenvalue weighted by Gasteiger charge is -2.19. The van der Waals surface area contributed by atoms with Gasteiger partial charge in [-0.15, -0.1) is 0 Å². The van der Waals surface area contributed by atoms with E-state index >= 15 is 0 Å². The van der Waals surface area contributed by atoms with Gasteiger partial charge < -0.3 is 21.1 Å². The van der Waals surface area contributed by atoms with Crippen molar-refractivity contribution in [2.24, 2.45) is 5.73 Å². The van der Waals surface area contributed by atoms with Crippen molar-refractivity contribution in [2.75, 3.05) is 18.4 Å². The molecule has 0 bridgehead atoms. The third-order valence-corrected chi connectivity index (χ3v) is 2.49. The van der Waals surface area contributed by atoms with E-state index in [1.165, 1.54) is 0 Å². The molecule has 0 fully saturated rings. The molecule has 21 heavy (non-hydrogen) atoms. The van der Waals surface area contributed by atoms with Crippen LogP contribution in [0.5, 0.6) is 0 Å². The highest BCUT2D eigenvalue weighted by molar-refractivity contribution is 5.78. The topological polar surface area (TPSA) is 93.4 Å². The minimum atomic E-state index is -0.508. The van der Waals surface area contributed by atoms with E-state index in [1.807, 2.05) is 45.0 Å². The smallest absolute Gasteiger partial charge is 0.407 e. The minimum Gasteiger partial charge on any atom is -0.444 e. The Morgan fingerprint density at radius 1 is 1.19 bits per heavy atom. The Hall–Kier alpha value is -2.24. The van der Waals surface area contributed by atoms with Crippen molar-refractivity contribution in [3.05, 3.63) is 29.8 Å². The highest BCUT2D eigenvalue weighted by Gasteiger charge is 2.15. The molecule has 0 aliphatic rings. The van der Waals surface area contributed by atoms with E-state index in [0.717, 1.165) is 11.3 Å². The largest absolute Gasteiger partial charge is 0.444 e. The lowest BCUT2D eigenvalue weighted by Crippen LogP contribution is -2.35. The molecule has 0 atom stereocenters. The first-order valence-electron chi connectivity index (χ1n) is 6.85. The van der Waals surface area contributed by atoms with E-state index in [-0.39, 0.29) is 12.3 Å². The van der Waals surface area contributed by atoms with Crippen molar-refractivity contribution in [1.29, 1.82) is 0 Å². The molecule has 0 spiro atoms. The fourth-order valence-corrected chi connectivity index (χ4v) is 1.71. The van der Waals surface area contributed by atoms with Crippen LogP contribution in [0.4, 0.5) is 10.5 Å². The molecule has 0 aliphatic heterocycles. The Morgan fingerprint density at radius 3 is 2.48 bits per heavy atom. The monoisotopic (exact) mass is 293 g/mol. The minimum absolute atomic E-state index is 0.183. The number of nitrogens with one attached hydrogen (secondary N) is 2. The van der Waals surface area contributed by atoms with Gasteiger partial charge in [-0.05, 0) is 32.4 Å². The van der Waals surface area contributed by atoms with Crippen molar-refractivity contribution >= 4 is 17.7 Å². The highest BCUT2D eigenvalue weighted by atomic mass is 16.6. The molecule has 1 aromatic carbocycles. The number of anilines is 1. The van der Waals surface area contributed by atoms with E-state index < -0.39 is 11.7 Å². The zero-order chi connectivity index (χ0) is 15.9. The zero-order valence-electron chi connectivity index (χ0n) is 12.7. The number of hydrogen-bond donors (Lipinski definition) is 3. The molecule has 1 rings (SSSR count). The van der Waals surface area contributed by atoms with Crippen LogP contribution < -0.4 is 16.4 Å². The van der Waals surface area contributed by atoms with Crippen LogP contribution in [0.3, 0.4) is 0 Å². The van der Waals surface area contributed by atoms with Gasteiger partial charge in [-0.25, -0.2) is 4.79 Å². The third kappa shape index (κ3) is 7.20. The quantitative estimate of drug-likeness (QED) is 0.695. The third-order valence-electron chi connectivity index (χ3n) is 2.49. The number of nitrogens with two attached hydrogens (primary N) is 1. The molecule has 4 N–H and O–H groups in total. The summed E-state index contributed by atoms with van der Waals surface area (Å²) in [4.78, 5) is 22.5. The molecule has 2 amide bonds. The number of ether oxygens (including phenoxy) is 1. The van der Waals surface area contributed by atoms with Gasteiger partial charge in [0, 0.05) is 18.8 Å². The number of carbonyl (C=O) groups is 2. The summed E-state index contributed by atoms with van der Waals surface area (Å²) in [6.07, 6.45) is -0.266. The molecule has 0 radical (unpaired) electrons. The number of alkyl carbamates (subject to hydrolysis) is 1. The summed E-state index contributed by atoms with van der Waals surface area (Å²) in [6, 6.07) is 7.43. The van der Waals surface area contributed by atoms with E-state index in [1.54, 1.807) is 0 Å². The fraction of sp³-hybridized carbons (Fsp3) is 0.467. The van der Waals surface area contributed by atoms with Crippen LogP contribution in [0.2, 0.25) is 0 Å². The number of primary amides is 1. The molecule has 0 aliphatic carbocycles. The normalized spacial score (nSPS) is 10.8. The highest BCUT2D eigenvalue weighted by Crippen LogP contribution is 2.14. The molecule has 0 saturated carbocycles. The number of hydrogen-bond acceptors (Lipinski definition) is 4. The first-order valence-corrected chi connectivity index (χ1v) is 6.85. The molecular formula is C15H23N3O3. The summed E-state index contributed by atoms with van der Waals surface area (Å²) in [7, 11) is 0. The Bertz CT molecular complexity index is 495. The molecule has 0 unspecified atom stereocenters.